The molecule has 2 nitrogen and oxygen atoms in total. The summed E-state index contributed by atoms with van der Waals surface area (Å²) in [6, 6.07) is 7.47. The van der Waals surface area contributed by atoms with Crippen molar-refractivity contribution < 1.29 is 13.2 Å². The molecule has 0 bridgehead atoms. The Labute approximate surface area is 112 Å². The number of benzene rings is 1. The number of nitrogens with two attached hydrogens (primary N) is 1. The van der Waals surface area contributed by atoms with Crippen LogP contribution in [0.25, 0.3) is 0 Å². The molecule has 0 aliphatic heterocycles. The van der Waals surface area contributed by atoms with Gasteiger partial charge < -0.3 is 10.6 Å². The number of nitrogens with zero attached hydrogens (tertiary/aromatic N) is 1. The maximum Gasteiger partial charge on any atom is 0.390 e. The molecule has 5 heteroatoms. The molecule has 0 fully saturated rings. The minimum atomic E-state index is -4.10. The first kappa shape index (κ1) is 15.8. The standard InChI is InChI=1S/C14H21F3N2/c1-13(2,11-4-6-12(18)7-5-11)10-19(3)9-8-14(15,16)17/h4-7H,8-10,18H2,1-3H3. The molecule has 19 heavy (non-hydrogen) atoms. The average Bonchev–Trinajstić information content (AvgIpc) is 2.25. The molecule has 0 aromatic heterocycles. The van der Waals surface area contributed by atoms with Gasteiger partial charge in [0.2, 0.25) is 0 Å². The summed E-state index contributed by atoms with van der Waals surface area (Å²) in [5, 5.41) is 0. The second-order valence-corrected chi connectivity index (χ2v) is 5.61. The molecule has 0 amide bonds. The predicted molar refractivity (Wildman–Crippen MR) is 72.0 cm³/mol. The van der Waals surface area contributed by atoms with E-state index in [-0.39, 0.29) is 12.0 Å². The van der Waals surface area contributed by atoms with Crippen molar-refractivity contribution in [1.82, 2.24) is 4.90 Å². The third-order valence-electron chi connectivity index (χ3n) is 3.13. The summed E-state index contributed by atoms with van der Waals surface area (Å²) < 4.78 is 36.5. The SMILES string of the molecule is CN(CCC(F)(F)F)CC(C)(C)c1ccc(N)cc1. The molecule has 0 heterocycles. The Morgan fingerprint density at radius 2 is 1.63 bits per heavy atom. The molecule has 1 rings (SSSR count). The summed E-state index contributed by atoms with van der Waals surface area (Å²) in [6.07, 6.45) is -4.87. The van der Waals surface area contributed by atoms with E-state index in [1.165, 1.54) is 0 Å². The van der Waals surface area contributed by atoms with Crippen LogP contribution in [0.15, 0.2) is 24.3 Å². The lowest BCUT2D eigenvalue weighted by atomic mass is 9.84. The summed E-state index contributed by atoms with van der Waals surface area (Å²) in [7, 11) is 1.71. The average molecular weight is 274 g/mol. The number of rotatable bonds is 5. The maximum atomic E-state index is 12.2. The molecule has 0 saturated heterocycles. The predicted octanol–water partition coefficient (Wildman–Crippen LogP) is 3.43. The Kier molecular flexibility index (Phi) is 4.85. The van der Waals surface area contributed by atoms with Crippen LogP contribution >= 0.6 is 0 Å². The summed E-state index contributed by atoms with van der Waals surface area (Å²) >= 11 is 0. The van der Waals surface area contributed by atoms with Gasteiger partial charge in [0.1, 0.15) is 0 Å². The fraction of sp³-hybridized carbons (Fsp3) is 0.571. The van der Waals surface area contributed by atoms with Crippen LogP contribution in [-0.2, 0) is 5.41 Å². The monoisotopic (exact) mass is 274 g/mol. The number of alkyl halides is 3. The van der Waals surface area contributed by atoms with Crippen molar-refractivity contribution in [2.75, 3.05) is 25.9 Å². The zero-order chi connectivity index (χ0) is 14.7. The highest BCUT2D eigenvalue weighted by Gasteiger charge is 2.29. The zero-order valence-electron chi connectivity index (χ0n) is 11.6. The van der Waals surface area contributed by atoms with Crippen molar-refractivity contribution in [1.29, 1.82) is 0 Å². The second-order valence-electron chi connectivity index (χ2n) is 5.61. The van der Waals surface area contributed by atoms with Gasteiger partial charge in [0.15, 0.2) is 0 Å². The summed E-state index contributed by atoms with van der Waals surface area (Å²) in [5.41, 5.74) is 7.17. The quantitative estimate of drug-likeness (QED) is 0.833. The highest BCUT2D eigenvalue weighted by molar-refractivity contribution is 5.41. The van der Waals surface area contributed by atoms with Crippen LogP contribution in [-0.4, -0.2) is 31.2 Å². The molecule has 2 N–H and O–H groups in total. The molecule has 0 unspecified atom stereocenters. The van der Waals surface area contributed by atoms with Gasteiger partial charge in [-0.15, -0.1) is 0 Å². The van der Waals surface area contributed by atoms with Crippen LogP contribution in [0.5, 0.6) is 0 Å². The Hall–Kier alpha value is -1.23. The Morgan fingerprint density at radius 3 is 2.11 bits per heavy atom. The van der Waals surface area contributed by atoms with Gasteiger partial charge in [0.05, 0.1) is 6.42 Å². The molecular formula is C14H21F3N2. The fourth-order valence-electron chi connectivity index (χ4n) is 2.10. The van der Waals surface area contributed by atoms with Gasteiger partial charge >= 0.3 is 6.18 Å². The van der Waals surface area contributed by atoms with Gasteiger partial charge in [-0.3, -0.25) is 0 Å². The summed E-state index contributed by atoms with van der Waals surface area (Å²) in [5.74, 6) is 0. The normalized spacial score (nSPS) is 13.0. The van der Waals surface area contributed by atoms with E-state index in [9.17, 15) is 13.2 Å². The van der Waals surface area contributed by atoms with E-state index in [2.05, 4.69) is 0 Å². The van der Waals surface area contributed by atoms with Crippen LogP contribution in [0.1, 0.15) is 25.8 Å². The number of likely N-dealkylation sites (N-methyl/N-ethyl adjacent to an activating group) is 1. The molecule has 0 aliphatic rings. The van der Waals surface area contributed by atoms with Crippen molar-refractivity contribution in [2.24, 2.45) is 0 Å². The van der Waals surface area contributed by atoms with E-state index in [0.717, 1.165) is 5.56 Å². The highest BCUT2D eigenvalue weighted by Crippen LogP contribution is 2.26. The Morgan fingerprint density at radius 1 is 1.11 bits per heavy atom. The number of hydrogen-bond acceptors (Lipinski definition) is 2. The van der Waals surface area contributed by atoms with E-state index in [0.29, 0.717) is 12.2 Å². The van der Waals surface area contributed by atoms with Crippen molar-refractivity contribution >= 4 is 5.69 Å². The molecule has 1 aromatic carbocycles. The smallest absolute Gasteiger partial charge is 0.390 e. The number of anilines is 1. The second kappa shape index (κ2) is 5.82. The van der Waals surface area contributed by atoms with Gasteiger partial charge in [-0.1, -0.05) is 26.0 Å². The first-order valence-corrected chi connectivity index (χ1v) is 6.21. The van der Waals surface area contributed by atoms with E-state index >= 15 is 0 Å². The largest absolute Gasteiger partial charge is 0.399 e. The Balaban J connectivity index is 2.61. The molecule has 0 aliphatic carbocycles. The minimum Gasteiger partial charge on any atom is -0.399 e. The van der Waals surface area contributed by atoms with Crippen molar-refractivity contribution in [3.8, 4) is 0 Å². The molecule has 0 atom stereocenters. The van der Waals surface area contributed by atoms with E-state index < -0.39 is 12.6 Å². The summed E-state index contributed by atoms with van der Waals surface area (Å²) in [4.78, 5) is 1.71. The van der Waals surface area contributed by atoms with Crippen molar-refractivity contribution in [2.45, 2.75) is 31.9 Å². The molecular weight excluding hydrogens is 253 g/mol. The number of halogens is 3. The van der Waals surface area contributed by atoms with Crippen LogP contribution < -0.4 is 5.73 Å². The zero-order valence-corrected chi connectivity index (χ0v) is 11.6. The van der Waals surface area contributed by atoms with Crippen LogP contribution in [0.2, 0.25) is 0 Å². The van der Waals surface area contributed by atoms with Gasteiger partial charge in [0.25, 0.3) is 0 Å². The van der Waals surface area contributed by atoms with Crippen LogP contribution in [0.3, 0.4) is 0 Å². The molecule has 0 spiro atoms. The Bertz CT molecular complexity index is 396. The lowest BCUT2D eigenvalue weighted by molar-refractivity contribution is -0.137. The maximum absolute atomic E-state index is 12.2. The first-order valence-electron chi connectivity index (χ1n) is 6.21. The highest BCUT2D eigenvalue weighted by atomic mass is 19.4. The topological polar surface area (TPSA) is 29.3 Å². The lowest BCUT2D eigenvalue weighted by Crippen LogP contribution is -2.36. The van der Waals surface area contributed by atoms with Crippen molar-refractivity contribution in [3.05, 3.63) is 29.8 Å². The molecule has 0 radical (unpaired) electrons. The summed E-state index contributed by atoms with van der Waals surface area (Å²) in [6.45, 7) is 4.61. The first-order chi connectivity index (χ1) is 8.60. The van der Waals surface area contributed by atoms with Crippen molar-refractivity contribution in [3.63, 3.8) is 0 Å². The van der Waals surface area contributed by atoms with E-state index in [1.807, 2.05) is 38.1 Å². The number of nitrogen functional groups attached to an aromatic ring is 1. The van der Waals surface area contributed by atoms with Gasteiger partial charge in [0, 0.05) is 24.2 Å². The van der Waals surface area contributed by atoms with Crippen LogP contribution in [0.4, 0.5) is 18.9 Å². The minimum absolute atomic E-state index is 0.0158. The fourth-order valence-corrected chi connectivity index (χ4v) is 2.10. The third-order valence-corrected chi connectivity index (χ3v) is 3.13. The van der Waals surface area contributed by atoms with Crippen LogP contribution in [0, 0.1) is 0 Å². The van der Waals surface area contributed by atoms with E-state index in [4.69, 9.17) is 5.73 Å². The van der Waals surface area contributed by atoms with E-state index in [1.54, 1.807) is 11.9 Å². The third kappa shape index (κ3) is 5.51. The van der Waals surface area contributed by atoms with Gasteiger partial charge in [-0.05, 0) is 24.7 Å². The van der Waals surface area contributed by atoms with Gasteiger partial charge in [-0.2, -0.15) is 13.2 Å². The van der Waals surface area contributed by atoms with Gasteiger partial charge in [-0.25, -0.2) is 0 Å². The molecule has 0 saturated carbocycles. The molecule has 1 aromatic rings. The molecule has 108 valence electrons. The lowest BCUT2D eigenvalue weighted by Gasteiger charge is -2.31. The number of hydrogen-bond donors (Lipinski definition) is 1.